The van der Waals surface area contributed by atoms with Crippen LogP contribution in [0, 0.1) is 27.7 Å². The average molecular weight is 389 g/mol. The average Bonchev–Trinajstić information content (AvgIpc) is 2.71. The number of hydrogen-bond donors (Lipinski definition) is 0. The minimum atomic E-state index is -1.35. The Morgan fingerprint density at radius 1 is 0.862 bits per heavy atom. The summed E-state index contributed by atoms with van der Waals surface area (Å²) in [6.07, 6.45) is 3.39. The number of pyridine rings is 1. The van der Waals surface area contributed by atoms with E-state index >= 15 is 0 Å². The number of aromatic nitrogens is 1. The number of aryl methyl sites for hydroxylation is 4. The first-order chi connectivity index (χ1) is 13.9. The van der Waals surface area contributed by atoms with Crippen LogP contribution in [0.25, 0.3) is 0 Å². The molecule has 0 saturated heterocycles. The zero-order chi connectivity index (χ0) is 21.0. The van der Waals surface area contributed by atoms with Gasteiger partial charge in [0, 0.05) is 36.2 Å². The highest BCUT2D eigenvalue weighted by Gasteiger charge is 2.48. The van der Waals surface area contributed by atoms with Crippen LogP contribution in [0.2, 0.25) is 0 Å². The van der Waals surface area contributed by atoms with E-state index in [0.29, 0.717) is 0 Å². The third kappa shape index (κ3) is 3.81. The molecule has 4 nitrogen and oxygen atoms in total. The van der Waals surface area contributed by atoms with Crippen molar-refractivity contribution in [3.8, 4) is 0 Å². The Balaban J connectivity index is 2.19. The van der Waals surface area contributed by atoms with E-state index in [1.54, 1.807) is 19.5 Å². The van der Waals surface area contributed by atoms with E-state index in [2.05, 4.69) is 4.98 Å². The summed E-state index contributed by atoms with van der Waals surface area (Å²) >= 11 is 0. The highest BCUT2D eigenvalue weighted by atomic mass is 16.6. The molecular weight excluding hydrogens is 362 g/mol. The number of ether oxygens (including phenoxy) is 2. The lowest BCUT2D eigenvalue weighted by molar-refractivity contribution is -0.167. The van der Waals surface area contributed by atoms with Crippen molar-refractivity contribution in [1.82, 2.24) is 4.98 Å². The van der Waals surface area contributed by atoms with Crippen LogP contribution in [-0.2, 0) is 26.5 Å². The summed E-state index contributed by atoms with van der Waals surface area (Å²) in [7, 11) is 1.57. The van der Waals surface area contributed by atoms with E-state index in [1.165, 1.54) is 0 Å². The molecule has 29 heavy (non-hydrogen) atoms. The van der Waals surface area contributed by atoms with E-state index in [9.17, 15) is 4.79 Å². The molecule has 0 radical (unpaired) electrons. The number of nitrogens with zero attached hydrogens (tertiary/aromatic N) is 1. The number of benzene rings is 2. The van der Waals surface area contributed by atoms with E-state index < -0.39 is 11.6 Å². The van der Waals surface area contributed by atoms with Crippen LogP contribution in [0.1, 0.15) is 38.9 Å². The quantitative estimate of drug-likeness (QED) is 0.560. The molecule has 3 aromatic rings. The Labute approximate surface area is 172 Å². The maximum Gasteiger partial charge on any atom is 0.348 e. The number of esters is 1. The summed E-state index contributed by atoms with van der Waals surface area (Å²) in [5.74, 6) is -0.432. The zero-order valence-electron chi connectivity index (χ0n) is 17.7. The molecule has 0 amide bonds. The van der Waals surface area contributed by atoms with Gasteiger partial charge >= 0.3 is 5.97 Å². The lowest BCUT2D eigenvalue weighted by Crippen LogP contribution is -2.43. The molecule has 3 rings (SSSR count). The number of methoxy groups -OCH3 is 1. The predicted molar refractivity (Wildman–Crippen MR) is 114 cm³/mol. The van der Waals surface area contributed by atoms with Crippen LogP contribution >= 0.6 is 0 Å². The maximum atomic E-state index is 13.7. The monoisotopic (exact) mass is 389 g/mol. The molecule has 1 aromatic heterocycles. The molecule has 0 aliphatic carbocycles. The number of carbonyl (C=O) groups excluding carboxylic acids is 1. The summed E-state index contributed by atoms with van der Waals surface area (Å²) in [5, 5.41) is 0. The molecule has 0 aliphatic rings. The van der Waals surface area contributed by atoms with Gasteiger partial charge in [-0.2, -0.15) is 0 Å². The normalized spacial score (nSPS) is 11.3. The largest absolute Gasteiger partial charge is 0.458 e. The van der Waals surface area contributed by atoms with Gasteiger partial charge in [-0.1, -0.05) is 42.5 Å². The van der Waals surface area contributed by atoms with Gasteiger partial charge in [0.05, 0.1) is 0 Å². The van der Waals surface area contributed by atoms with Crippen molar-refractivity contribution in [3.63, 3.8) is 0 Å². The topological polar surface area (TPSA) is 48.4 Å². The van der Waals surface area contributed by atoms with Gasteiger partial charge in [-0.25, -0.2) is 4.79 Å². The molecule has 0 spiro atoms. The standard InChI is InChI=1S/C25H27NO3/c1-17-9-6-10-18(2)22(17)25(28-5,23-19(3)11-7-12-20(23)4)24(27)29-16-21-13-8-14-26-15-21/h6-15H,16H2,1-5H3. The summed E-state index contributed by atoms with van der Waals surface area (Å²) in [6, 6.07) is 15.7. The molecule has 0 N–H and O–H groups in total. The molecule has 0 bridgehead atoms. The van der Waals surface area contributed by atoms with Crippen molar-refractivity contribution in [2.45, 2.75) is 39.9 Å². The van der Waals surface area contributed by atoms with Crippen molar-refractivity contribution in [2.75, 3.05) is 7.11 Å². The number of hydrogen-bond acceptors (Lipinski definition) is 4. The first kappa shape index (κ1) is 20.7. The van der Waals surface area contributed by atoms with Crippen LogP contribution in [0.4, 0.5) is 0 Å². The van der Waals surface area contributed by atoms with Gasteiger partial charge in [0.25, 0.3) is 0 Å². The zero-order valence-corrected chi connectivity index (χ0v) is 17.7. The van der Waals surface area contributed by atoms with Gasteiger partial charge in [0.2, 0.25) is 5.60 Å². The molecule has 0 atom stereocenters. The lowest BCUT2D eigenvalue weighted by atomic mass is 9.77. The molecule has 2 aromatic carbocycles. The second-order valence-corrected chi connectivity index (χ2v) is 7.36. The molecule has 4 heteroatoms. The van der Waals surface area contributed by atoms with Gasteiger partial charge in [0.15, 0.2) is 0 Å². The fraction of sp³-hybridized carbons (Fsp3) is 0.280. The first-order valence-corrected chi connectivity index (χ1v) is 9.66. The molecular formula is C25H27NO3. The van der Waals surface area contributed by atoms with E-state index in [0.717, 1.165) is 38.9 Å². The van der Waals surface area contributed by atoms with Crippen molar-refractivity contribution >= 4 is 5.97 Å². The highest BCUT2D eigenvalue weighted by Crippen LogP contribution is 2.41. The molecule has 150 valence electrons. The smallest absolute Gasteiger partial charge is 0.348 e. The Kier molecular flexibility index (Phi) is 6.14. The van der Waals surface area contributed by atoms with E-state index in [1.807, 2.05) is 76.2 Å². The minimum absolute atomic E-state index is 0.133. The molecule has 0 saturated carbocycles. The summed E-state index contributed by atoms with van der Waals surface area (Å²) in [5.41, 5.74) is 5.05. The van der Waals surface area contributed by atoms with Crippen molar-refractivity contribution in [3.05, 3.63) is 99.9 Å². The Morgan fingerprint density at radius 3 is 1.79 bits per heavy atom. The summed E-state index contributed by atoms with van der Waals surface area (Å²) in [4.78, 5) is 17.8. The minimum Gasteiger partial charge on any atom is -0.458 e. The van der Waals surface area contributed by atoms with E-state index in [4.69, 9.17) is 9.47 Å². The summed E-state index contributed by atoms with van der Waals surface area (Å²) in [6.45, 7) is 8.13. The molecule has 0 aliphatic heterocycles. The maximum absolute atomic E-state index is 13.7. The molecule has 0 fully saturated rings. The van der Waals surface area contributed by atoms with Crippen LogP contribution in [0.3, 0.4) is 0 Å². The van der Waals surface area contributed by atoms with Crippen molar-refractivity contribution in [2.24, 2.45) is 0 Å². The highest BCUT2D eigenvalue weighted by molar-refractivity contribution is 5.88. The molecule has 0 unspecified atom stereocenters. The lowest BCUT2D eigenvalue weighted by Gasteiger charge is -2.35. The van der Waals surface area contributed by atoms with Gasteiger partial charge in [-0.05, 0) is 56.0 Å². The fourth-order valence-corrected chi connectivity index (χ4v) is 4.09. The van der Waals surface area contributed by atoms with Gasteiger partial charge in [0.1, 0.15) is 6.61 Å². The van der Waals surface area contributed by atoms with Crippen LogP contribution in [0.5, 0.6) is 0 Å². The third-order valence-electron chi connectivity index (χ3n) is 5.35. The second-order valence-electron chi connectivity index (χ2n) is 7.36. The second kappa shape index (κ2) is 8.58. The molecule has 1 heterocycles. The Bertz CT molecular complexity index is 920. The van der Waals surface area contributed by atoms with E-state index in [-0.39, 0.29) is 6.61 Å². The number of carbonyl (C=O) groups is 1. The van der Waals surface area contributed by atoms with Gasteiger partial charge in [-0.3, -0.25) is 4.98 Å². The van der Waals surface area contributed by atoms with Crippen LogP contribution in [0.15, 0.2) is 60.9 Å². The SMILES string of the molecule is COC(C(=O)OCc1cccnc1)(c1c(C)cccc1C)c1c(C)cccc1C. The third-order valence-corrected chi connectivity index (χ3v) is 5.35. The fourth-order valence-electron chi connectivity index (χ4n) is 4.09. The Hall–Kier alpha value is -2.98. The predicted octanol–water partition coefficient (Wildman–Crippen LogP) is 4.95. The van der Waals surface area contributed by atoms with Crippen molar-refractivity contribution < 1.29 is 14.3 Å². The Morgan fingerprint density at radius 2 is 1.38 bits per heavy atom. The van der Waals surface area contributed by atoms with Crippen LogP contribution < -0.4 is 0 Å². The number of rotatable bonds is 6. The van der Waals surface area contributed by atoms with Gasteiger partial charge in [-0.15, -0.1) is 0 Å². The summed E-state index contributed by atoms with van der Waals surface area (Å²) < 4.78 is 11.9. The van der Waals surface area contributed by atoms with Crippen LogP contribution in [-0.4, -0.2) is 18.1 Å². The van der Waals surface area contributed by atoms with Gasteiger partial charge < -0.3 is 9.47 Å². The first-order valence-electron chi connectivity index (χ1n) is 9.66. The van der Waals surface area contributed by atoms with Crippen molar-refractivity contribution in [1.29, 1.82) is 0 Å².